The summed E-state index contributed by atoms with van der Waals surface area (Å²) in [5.74, 6) is 0.868. The van der Waals surface area contributed by atoms with Crippen LogP contribution in [0, 0.1) is 5.92 Å². The van der Waals surface area contributed by atoms with Gasteiger partial charge in [0.25, 0.3) is 0 Å². The van der Waals surface area contributed by atoms with Crippen LogP contribution >= 0.6 is 0 Å². The molecule has 15 heavy (non-hydrogen) atoms. The first kappa shape index (κ1) is 11.4. The molecule has 0 spiro atoms. The van der Waals surface area contributed by atoms with Gasteiger partial charge in [-0.3, -0.25) is 4.90 Å². The van der Waals surface area contributed by atoms with Crippen LogP contribution in [-0.2, 0) is 4.74 Å². The summed E-state index contributed by atoms with van der Waals surface area (Å²) < 4.78 is 5.77. The molecule has 0 radical (unpaired) electrons. The number of hydrogen-bond acceptors (Lipinski definition) is 3. The predicted molar refractivity (Wildman–Crippen MR) is 62.0 cm³/mol. The molecular weight excluding hydrogens is 188 g/mol. The van der Waals surface area contributed by atoms with E-state index in [1.54, 1.807) is 0 Å². The molecule has 1 saturated carbocycles. The first-order valence-corrected chi connectivity index (χ1v) is 6.24. The number of ether oxygens (including phenoxy) is 1. The first-order chi connectivity index (χ1) is 7.20. The van der Waals surface area contributed by atoms with Crippen molar-refractivity contribution in [2.45, 2.75) is 44.9 Å². The highest BCUT2D eigenvalue weighted by Crippen LogP contribution is 2.33. The zero-order valence-corrected chi connectivity index (χ0v) is 10.2. The van der Waals surface area contributed by atoms with Gasteiger partial charge in [0, 0.05) is 19.1 Å². The summed E-state index contributed by atoms with van der Waals surface area (Å²) >= 11 is 0. The minimum Gasteiger partial charge on any atom is -0.373 e. The van der Waals surface area contributed by atoms with E-state index < -0.39 is 0 Å². The summed E-state index contributed by atoms with van der Waals surface area (Å²) in [6.07, 6.45) is 3.59. The molecule has 0 bridgehead atoms. The fraction of sp³-hybridized carbons (Fsp3) is 1.00. The Bertz CT molecular complexity index is 200. The maximum atomic E-state index is 5.77. The standard InChI is InChI=1S/C12H24N2O/c1-9-7-14(8-10(2)15-9)12-5-4-11(12)6-13-3/h9-13H,4-8H2,1-3H3/t9-,10+,11?,12?. The zero-order valence-electron chi connectivity index (χ0n) is 10.2. The van der Waals surface area contributed by atoms with Crippen molar-refractivity contribution in [3.63, 3.8) is 0 Å². The lowest BCUT2D eigenvalue weighted by Gasteiger charge is -2.48. The van der Waals surface area contributed by atoms with Crippen molar-refractivity contribution < 1.29 is 4.74 Å². The molecule has 1 N–H and O–H groups in total. The van der Waals surface area contributed by atoms with Gasteiger partial charge < -0.3 is 10.1 Å². The maximum Gasteiger partial charge on any atom is 0.0678 e. The molecule has 1 heterocycles. The lowest BCUT2D eigenvalue weighted by molar-refractivity contribution is -0.100. The van der Waals surface area contributed by atoms with Crippen molar-refractivity contribution in [2.75, 3.05) is 26.7 Å². The van der Waals surface area contributed by atoms with Crippen LogP contribution in [0.2, 0.25) is 0 Å². The number of rotatable bonds is 3. The predicted octanol–water partition coefficient (Wildman–Crippen LogP) is 1.09. The highest BCUT2D eigenvalue weighted by molar-refractivity contribution is 4.92. The summed E-state index contributed by atoms with van der Waals surface area (Å²) in [6, 6.07) is 0.811. The van der Waals surface area contributed by atoms with Crippen LogP contribution in [0.4, 0.5) is 0 Å². The Balaban J connectivity index is 1.87. The Morgan fingerprint density at radius 3 is 2.33 bits per heavy atom. The molecule has 1 aliphatic carbocycles. The van der Waals surface area contributed by atoms with E-state index in [1.165, 1.54) is 19.4 Å². The normalized spacial score (nSPS) is 42.6. The Hall–Kier alpha value is -0.120. The quantitative estimate of drug-likeness (QED) is 0.758. The van der Waals surface area contributed by atoms with Crippen LogP contribution in [0.3, 0.4) is 0 Å². The molecule has 1 aliphatic heterocycles. The Kier molecular flexibility index (Phi) is 3.65. The van der Waals surface area contributed by atoms with Gasteiger partial charge in [0.15, 0.2) is 0 Å². The topological polar surface area (TPSA) is 24.5 Å². The average molecular weight is 212 g/mol. The van der Waals surface area contributed by atoms with E-state index in [4.69, 9.17) is 4.74 Å². The van der Waals surface area contributed by atoms with E-state index in [-0.39, 0.29) is 0 Å². The Labute approximate surface area is 93.2 Å². The Morgan fingerprint density at radius 2 is 1.87 bits per heavy atom. The van der Waals surface area contributed by atoms with Crippen LogP contribution in [0.15, 0.2) is 0 Å². The molecule has 0 amide bonds. The van der Waals surface area contributed by atoms with Gasteiger partial charge in [-0.25, -0.2) is 0 Å². The van der Waals surface area contributed by atoms with Crippen LogP contribution in [-0.4, -0.2) is 49.8 Å². The molecule has 2 rings (SSSR count). The molecule has 4 atom stereocenters. The summed E-state index contributed by atoms with van der Waals surface area (Å²) in [6.45, 7) is 7.79. The van der Waals surface area contributed by atoms with E-state index >= 15 is 0 Å². The molecule has 88 valence electrons. The monoisotopic (exact) mass is 212 g/mol. The molecule has 1 saturated heterocycles. The molecule has 0 aromatic carbocycles. The molecule has 3 nitrogen and oxygen atoms in total. The highest BCUT2D eigenvalue weighted by Gasteiger charge is 2.37. The minimum absolute atomic E-state index is 0.407. The second kappa shape index (κ2) is 4.81. The van der Waals surface area contributed by atoms with E-state index in [1.807, 2.05) is 0 Å². The van der Waals surface area contributed by atoms with Crippen molar-refractivity contribution >= 4 is 0 Å². The average Bonchev–Trinajstić information content (AvgIpc) is 2.10. The zero-order chi connectivity index (χ0) is 10.8. The number of hydrogen-bond donors (Lipinski definition) is 1. The third-order valence-corrected chi connectivity index (χ3v) is 3.76. The van der Waals surface area contributed by atoms with Crippen molar-refractivity contribution in [2.24, 2.45) is 5.92 Å². The summed E-state index contributed by atoms with van der Waals surface area (Å²) in [4.78, 5) is 2.64. The van der Waals surface area contributed by atoms with Gasteiger partial charge in [0.2, 0.25) is 0 Å². The largest absolute Gasteiger partial charge is 0.373 e. The van der Waals surface area contributed by atoms with Crippen molar-refractivity contribution in [3.8, 4) is 0 Å². The molecule has 2 fully saturated rings. The SMILES string of the molecule is CNCC1CCC1N1C[C@@H](C)O[C@@H](C)C1. The third kappa shape index (κ3) is 2.52. The van der Waals surface area contributed by atoms with Crippen molar-refractivity contribution in [3.05, 3.63) is 0 Å². The molecule has 0 aromatic heterocycles. The van der Waals surface area contributed by atoms with Gasteiger partial charge in [0.1, 0.15) is 0 Å². The van der Waals surface area contributed by atoms with Crippen LogP contribution < -0.4 is 5.32 Å². The third-order valence-electron chi connectivity index (χ3n) is 3.76. The van der Waals surface area contributed by atoms with Gasteiger partial charge in [-0.05, 0) is 46.2 Å². The second-order valence-electron chi connectivity index (χ2n) is 5.17. The smallest absolute Gasteiger partial charge is 0.0678 e. The number of morpholine rings is 1. The van der Waals surface area contributed by atoms with Gasteiger partial charge in [-0.15, -0.1) is 0 Å². The van der Waals surface area contributed by atoms with Crippen molar-refractivity contribution in [1.29, 1.82) is 0 Å². The highest BCUT2D eigenvalue weighted by atomic mass is 16.5. The molecular formula is C12H24N2O. The van der Waals surface area contributed by atoms with Gasteiger partial charge in [-0.2, -0.15) is 0 Å². The van der Waals surface area contributed by atoms with Gasteiger partial charge >= 0.3 is 0 Å². The van der Waals surface area contributed by atoms with E-state index in [0.29, 0.717) is 12.2 Å². The van der Waals surface area contributed by atoms with E-state index in [2.05, 4.69) is 31.1 Å². The number of nitrogens with zero attached hydrogens (tertiary/aromatic N) is 1. The maximum absolute atomic E-state index is 5.77. The lowest BCUT2D eigenvalue weighted by Crippen LogP contribution is -2.57. The van der Waals surface area contributed by atoms with Crippen LogP contribution in [0.1, 0.15) is 26.7 Å². The van der Waals surface area contributed by atoms with Gasteiger partial charge in [0.05, 0.1) is 12.2 Å². The Morgan fingerprint density at radius 1 is 1.20 bits per heavy atom. The summed E-state index contributed by atoms with van der Waals surface area (Å²) in [5.41, 5.74) is 0. The van der Waals surface area contributed by atoms with Crippen LogP contribution in [0.25, 0.3) is 0 Å². The molecule has 0 aromatic rings. The van der Waals surface area contributed by atoms with E-state index in [0.717, 1.165) is 25.0 Å². The fourth-order valence-electron chi connectivity index (χ4n) is 3.02. The second-order valence-corrected chi connectivity index (χ2v) is 5.17. The molecule has 2 aliphatic rings. The first-order valence-electron chi connectivity index (χ1n) is 6.24. The summed E-state index contributed by atoms with van der Waals surface area (Å²) in [7, 11) is 2.06. The fourth-order valence-corrected chi connectivity index (χ4v) is 3.02. The van der Waals surface area contributed by atoms with Crippen LogP contribution in [0.5, 0.6) is 0 Å². The lowest BCUT2D eigenvalue weighted by atomic mass is 9.78. The van der Waals surface area contributed by atoms with Gasteiger partial charge in [-0.1, -0.05) is 0 Å². The van der Waals surface area contributed by atoms with E-state index in [9.17, 15) is 0 Å². The minimum atomic E-state index is 0.407. The molecule has 3 heteroatoms. The number of nitrogens with one attached hydrogen (secondary N) is 1. The molecule has 2 unspecified atom stereocenters. The summed E-state index contributed by atoms with van der Waals surface area (Å²) in [5, 5.41) is 3.30. The van der Waals surface area contributed by atoms with Crippen molar-refractivity contribution in [1.82, 2.24) is 10.2 Å².